The number of carboxylic acids is 1. The molecule has 1 aliphatic heterocycles. The fraction of sp³-hybridized carbons (Fsp3) is 0.250. The van der Waals surface area contributed by atoms with Gasteiger partial charge >= 0.3 is 11.9 Å². The lowest BCUT2D eigenvalue weighted by Gasteiger charge is -2.13. The van der Waals surface area contributed by atoms with Crippen molar-refractivity contribution < 1.29 is 38.5 Å². The molecule has 1 saturated heterocycles. The van der Waals surface area contributed by atoms with E-state index in [1.54, 1.807) is 44.2 Å². The monoisotopic (exact) mass is 485 g/mol. The quantitative estimate of drug-likeness (QED) is 0.416. The Balaban J connectivity index is 1.72. The molecule has 10 heteroatoms. The van der Waals surface area contributed by atoms with Crippen LogP contribution in [0.15, 0.2) is 47.4 Å². The van der Waals surface area contributed by atoms with E-state index < -0.39 is 29.6 Å². The SMILES string of the molecule is COc1cc(/C=C2/SC(=O)N(CC(=O)OC(C)C)C2=O)ccc1OCc1cccc(C(=O)O)c1. The molecule has 1 aliphatic rings. The molecule has 2 aromatic carbocycles. The van der Waals surface area contributed by atoms with E-state index in [0.29, 0.717) is 22.6 Å². The second-order valence-electron chi connectivity index (χ2n) is 7.51. The first-order chi connectivity index (χ1) is 16.2. The lowest BCUT2D eigenvalue weighted by atomic mass is 10.1. The zero-order valence-corrected chi connectivity index (χ0v) is 19.6. The van der Waals surface area contributed by atoms with Crippen LogP contribution in [-0.2, 0) is 20.9 Å². The molecular formula is C24H23NO8S. The third-order valence-electron chi connectivity index (χ3n) is 4.58. The minimum atomic E-state index is -1.02. The van der Waals surface area contributed by atoms with Gasteiger partial charge in [-0.05, 0) is 67.1 Å². The summed E-state index contributed by atoms with van der Waals surface area (Å²) in [7, 11) is 1.46. The average Bonchev–Trinajstić information content (AvgIpc) is 3.05. The number of esters is 1. The number of hydrogen-bond donors (Lipinski definition) is 1. The molecular weight excluding hydrogens is 462 g/mol. The normalized spacial score (nSPS) is 14.6. The molecule has 1 N–H and O–H groups in total. The lowest BCUT2D eigenvalue weighted by Crippen LogP contribution is -2.35. The number of ether oxygens (including phenoxy) is 3. The van der Waals surface area contributed by atoms with Crippen molar-refractivity contribution in [3.05, 3.63) is 64.1 Å². The summed E-state index contributed by atoms with van der Waals surface area (Å²) in [6.45, 7) is 3.04. The molecule has 2 aromatic rings. The van der Waals surface area contributed by atoms with Crippen LogP contribution in [0.3, 0.4) is 0 Å². The van der Waals surface area contributed by atoms with Gasteiger partial charge in [0.25, 0.3) is 11.1 Å². The number of carboxylic acid groups (broad SMARTS) is 1. The van der Waals surface area contributed by atoms with Gasteiger partial charge in [0.1, 0.15) is 13.2 Å². The van der Waals surface area contributed by atoms with Crippen LogP contribution in [-0.4, -0.2) is 52.8 Å². The molecule has 3 rings (SSSR count). The molecule has 0 radical (unpaired) electrons. The van der Waals surface area contributed by atoms with E-state index in [0.717, 1.165) is 16.7 Å². The van der Waals surface area contributed by atoms with Gasteiger partial charge in [0.05, 0.1) is 23.7 Å². The summed E-state index contributed by atoms with van der Waals surface area (Å²) >= 11 is 0.737. The molecule has 0 aliphatic carbocycles. The van der Waals surface area contributed by atoms with Gasteiger partial charge in [-0.2, -0.15) is 0 Å². The van der Waals surface area contributed by atoms with Crippen LogP contribution in [0.25, 0.3) is 6.08 Å². The first-order valence-corrected chi connectivity index (χ1v) is 11.1. The fourth-order valence-electron chi connectivity index (χ4n) is 3.07. The van der Waals surface area contributed by atoms with Gasteiger partial charge in [0.2, 0.25) is 0 Å². The van der Waals surface area contributed by atoms with Crippen molar-refractivity contribution in [2.24, 2.45) is 0 Å². The number of imide groups is 1. The summed E-state index contributed by atoms with van der Waals surface area (Å²) in [5, 5.41) is 8.57. The largest absolute Gasteiger partial charge is 0.493 e. The van der Waals surface area contributed by atoms with Crippen LogP contribution in [0.1, 0.15) is 35.3 Å². The molecule has 1 heterocycles. The van der Waals surface area contributed by atoms with Crippen LogP contribution in [0.5, 0.6) is 11.5 Å². The molecule has 9 nitrogen and oxygen atoms in total. The number of carbonyl (C=O) groups excluding carboxylic acids is 3. The lowest BCUT2D eigenvalue weighted by molar-refractivity contribution is -0.149. The van der Waals surface area contributed by atoms with Crippen molar-refractivity contribution >= 4 is 40.9 Å². The number of carbonyl (C=O) groups is 4. The number of thioether (sulfide) groups is 1. The van der Waals surface area contributed by atoms with Crippen LogP contribution < -0.4 is 9.47 Å². The second kappa shape index (κ2) is 10.9. The predicted molar refractivity (Wildman–Crippen MR) is 125 cm³/mol. The Morgan fingerprint density at radius 1 is 1.12 bits per heavy atom. The summed E-state index contributed by atoms with van der Waals surface area (Å²) in [6.07, 6.45) is 1.18. The fourth-order valence-corrected chi connectivity index (χ4v) is 3.90. The van der Waals surface area contributed by atoms with E-state index in [9.17, 15) is 19.2 Å². The Hall–Kier alpha value is -3.79. The number of hydrogen-bond acceptors (Lipinski definition) is 8. The maximum Gasteiger partial charge on any atom is 0.335 e. The van der Waals surface area contributed by atoms with Crippen molar-refractivity contribution in [3.63, 3.8) is 0 Å². The minimum Gasteiger partial charge on any atom is -0.493 e. The summed E-state index contributed by atoms with van der Waals surface area (Å²) in [5.74, 6) is -1.44. The molecule has 0 bridgehead atoms. The Morgan fingerprint density at radius 3 is 2.56 bits per heavy atom. The van der Waals surface area contributed by atoms with E-state index >= 15 is 0 Å². The summed E-state index contributed by atoms with van der Waals surface area (Å²) in [6, 6.07) is 11.4. The zero-order valence-electron chi connectivity index (χ0n) is 18.8. The van der Waals surface area contributed by atoms with Crippen LogP contribution in [0.4, 0.5) is 4.79 Å². The third-order valence-corrected chi connectivity index (χ3v) is 5.49. The number of aromatic carboxylic acids is 1. The molecule has 34 heavy (non-hydrogen) atoms. The molecule has 0 spiro atoms. The standard InChI is InChI=1S/C24H23NO8S/c1-14(2)33-21(26)12-25-22(27)20(34-24(25)30)11-15-7-8-18(19(10-15)31-3)32-13-16-5-4-6-17(9-16)23(28)29/h4-11,14H,12-13H2,1-3H3,(H,28,29)/b20-11+. The Kier molecular flexibility index (Phi) is 7.95. The predicted octanol–water partition coefficient (Wildman–Crippen LogP) is 3.96. The maximum atomic E-state index is 12.6. The first-order valence-electron chi connectivity index (χ1n) is 10.3. The molecule has 0 atom stereocenters. The molecule has 0 unspecified atom stereocenters. The van der Waals surface area contributed by atoms with Gasteiger partial charge in [-0.15, -0.1) is 0 Å². The van der Waals surface area contributed by atoms with Gasteiger partial charge in [0, 0.05) is 0 Å². The summed E-state index contributed by atoms with van der Waals surface area (Å²) in [5.41, 5.74) is 1.43. The van der Waals surface area contributed by atoms with E-state index in [1.807, 2.05) is 0 Å². The van der Waals surface area contributed by atoms with Gasteiger partial charge in [-0.3, -0.25) is 19.3 Å². The van der Waals surface area contributed by atoms with Crippen LogP contribution in [0, 0.1) is 0 Å². The Morgan fingerprint density at radius 2 is 1.88 bits per heavy atom. The smallest absolute Gasteiger partial charge is 0.335 e. The van der Waals surface area contributed by atoms with Crippen molar-refractivity contribution in [2.45, 2.75) is 26.6 Å². The van der Waals surface area contributed by atoms with Crippen LogP contribution >= 0.6 is 11.8 Å². The highest BCUT2D eigenvalue weighted by Gasteiger charge is 2.36. The summed E-state index contributed by atoms with van der Waals surface area (Å²) < 4.78 is 16.2. The molecule has 0 saturated carbocycles. The van der Waals surface area contributed by atoms with Gasteiger partial charge < -0.3 is 19.3 Å². The van der Waals surface area contributed by atoms with Gasteiger partial charge in [-0.25, -0.2) is 4.79 Å². The second-order valence-corrected chi connectivity index (χ2v) is 8.50. The van der Waals surface area contributed by atoms with E-state index in [2.05, 4.69) is 0 Å². The molecule has 2 amide bonds. The molecule has 178 valence electrons. The van der Waals surface area contributed by atoms with E-state index in [1.165, 1.54) is 25.3 Å². The summed E-state index contributed by atoms with van der Waals surface area (Å²) in [4.78, 5) is 48.8. The third kappa shape index (κ3) is 6.16. The van der Waals surface area contributed by atoms with Crippen molar-refractivity contribution in [1.29, 1.82) is 0 Å². The maximum absolute atomic E-state index is 12.6. The van der Waals surface area contributed by atoms with Crippen molar-refractivity contribution in [3.8, 4) is 11.5 Å². The highest BCUT2D eigenvalue weighted by atomic mass is 32.2. The van der Waals surface area contributed by atoms with Crippen LogP contribution in [0.2, 0.25) is 0 Å². The number of rotatable bonds is 9. The van der Waals surface area contributed by atoms with E-state index in [4.69, 9.17) is 19.3 Å². The Bertz CT molecular complexity index is 1160. The van der Waals surface area contributed by atoms with Crippen molar-refractivity contribution in [2.75, 3.05) is 13.7 Å². The average molecular weight is 486 g/mol. The highest BCUT2D eigenvalue weighted by molar-refractivity contribution is 8.18. The van der Waals surface area contributed by atoms with Gasteiger partial charge in [-0.1, -0.05) is 18.2 Å². The number of amides is 2. The first kappa shape index (κ1) is 24.8. The molecule has 0 aromatic heterocycles. The zero-order chi connectivity index (χ0) is 24.8. The highest BCUT2D eigenvalue weighted by Crippen LogP contribution is 2.34. The minimum absolute atomic E-state index is 0.127. The van der Waals surface area contributed by atoms with Crippen molar-refractivity contribution in [1.82, 2.24) is 4.90 Å². The molecule has 1 fully saturated rings. The Labute approximate surface area is 200 Å². The van der Waals surface area contributed by atoms with Gasteiger partial charge in [0.15, 0.2) is 11.5 Å². The number of benzene rings is 2. The number of nitrogens with zero attached hydrogens (tertiary/aromatic N) is 1. The number of methoxy groups -OCH3 is 1. The topological polar surface area (TPSA) is 119 Å². The van der Waals surface area contributed by atoms with E-state index in [-0.39, 0.29) is 23.2 Å².